The zero-order valence-electron chi connectivity index (χ0n) is 15.6. The summed E-state index contributed by atoms with van der Waals surface area (Å²) in [6, 6.07) is 14.0. The quantitative estimate of drug-likeness (QED) is 0.793. The lowest BCUT2D eigenvalue weighted by Gasteiger charge is -2.24. The van der Waals surface area contributed by atoms with Gasteiger partial charge < -0.3 is 20.1 Å². The van der Waals surface area contributed by atoms with Crippen molar-refractivity contribution in [3.63, 3.8) is 0 Å². The number of likely N-dealkylation sites (tertiary alicyclic amines) is 1. The maximum absolute atomic E-state index is 12.7. The molecule has 27 heavy (non-hydrogen) atoms. The standard InChI is InChI=1S/C21H24N2O4/c1-3-27-19-10-9-16(15(2)24)13-18(19)22-20(25)23-12-11-21(26,14-23)17-7-5-4-6-8-17/h4-10,13,26H,3,11-12,14H2,1-2H3,(H,22,25)/t21-/m1/s1. The van der Waals surface area contributed by atoms with Crippen LogP contribution in [-0.2, 0) is 5.60 Å². The van der Waals surface area contributed by atoms with Crippen LogP contribution in [0.5, 0.6) is 5.75 Å². The van der Waals surface area contributed by atoms with E-state index in [4.69, 9.17) is 4.74 Å². The number of nitrogens with one attached hydrogen (secondary N) is 1. The van der Waals surface area contributed by atoms with Crippen molar-refractivity contribution < 1.29 is 19.4 Å². The highest BCUT2D eigenvalue weighted by atomic mass is 16.5. The second kappa shape index (κ2) is 7.80. The third kappa shape index (κ3) is 4.11. The number of amides is 2. The molecule has 1 fully saturated rings. The Kier molecular flexibility index (Phi) is 5.46. The van der Waals surface area contributed by atoms with Crippen molar-refractivity contribution in [2.24, 2.45) is 0 Å². The van der Waals surface area contributed by atoms with Gasteiger partial charge in [0.15, 0.2) is 5.78 Å². The smallest absolute Gasteiger partial charge is 0.322 e. The van der Waals surface area contributed by atoms with Gasteiger partial charge in [0, 0.05) is 12.1 Å². The van der Waals surface area contributed by atoms with Gasteiger partial charge in [0.25, 0.3) is 0 Å². The largest absolute Gasteiger partial charge is 0.492 e. The number of carbonyl (C=O) groups is 2. The van der Waals surface area contributed by atoms with Gasteiger partial charge in [0.1, 0.15) is 11.4 Å². The van der Waals surface area contributed by atoms with Crippen LogP contribution in [0.3, 0.4) is 0 Å². The molecule has 142 valence electrons. The minimum atomic E-state index is -1.05. The molecule has 0 unspecified atom stereocenters. The number of hydrogen-bond donors (Lipinski definition) is 2. The van der Waals surface area contributed by atoms with E-state index < -0.39 is 5.60 Å². The van der Waals surface area contributed by atoms with Crippen molar-refractivity contribution in [1.82, 2.24) is 4.90 Å². The molecule has 6 heteroatoms. The average molecular weight is 368 g/mol. The maximum Gasteiger partial charge on any atom is 0.322 e. The zero-order valence-corrected chi connectivity index (χ0v) is 15.6. The van der Waals surface area contributed by atoms with Gasteiger partial charge in [-0.15, -0.1) is 0 Å². The van der Waals surface area contributed by atoms with Crippen molar-refractivity contribution in [2.75, 3.05) is 25.0 Å². The Morgan fingerprint density at radius 3 is 2.63 bits per heavy atom. The number of nitrogens with zero attached hydrogens (tertiary/aromatic N) is 1. The molecular formula is C21H24N2O4. The van der Waals surface area contributed by atoms with Gasteiger partial charge in [-0.2, -0.15) is 0 Å². The van der Waals surface area contributed by atoms with Crippen molar-refractivity contribution in [3.8, 4) is 5.75 Å². The van der Waals surface area contributed by atoms with E-state index in [-0.39, 0.29) is 18.4 Å². The van der Waals surface area contributed by atoms with Gasteiger partial charge in [-0.3, -0.25) is 4.79 Å². The predicted octanol–water partition coefficient (Wildman–Crippen LogP) is 3.41. The van der Waals surface area contributed by atoms with E-state index in [1.54, 1.807) is 23.1 Å². The van der Waals surface area contributed by atoms with E-state index in [0.717, 1.165) is 5.56 Å². The highest BCUT2D eigenvalue weighted by molar-refractivity contribution is 5.98. The van der Waals surface area contributed by atoms with Crippen LogP contribution < -0.4 is 10.1 Å². The van der Waals surface area contributed by atoms with Gasteiger partial charge >= 0.3 is 6.03 Å². The molecule has 1 aliphatic rings. The Bertz CT molecular complexity index is 837. The number of aliphatic hydroxyl groups is 1. The molecule has 1 atom stereocenters. The highest BCUT2D eigenvalue weighted by Crippen LogP contribution is 2.33. The summed E-state index contributed by atoms with van der Waals surface area (Å²) in [5.74, 6) is 0.418. The fourth-order valence-corrected chi connectivity index (χ4v) is 3.27. The zero-order chi connectivity index (χ0) is 19.4. The normalized spacial score (nSPS) is 19.0. The van der Waals surface area contributed by atoms with Crippen LogP contribution >= 0.6 is 0 Å². The van der Waals surface area contributed by atoms with Gasteiger partial charge in [0.2, 0.25) is 0 Å². The fraction of sp³-hybridized carbons (Fsp3) is 0.333. The molecule has 0 bridgehead atoms. The fourth-order valence-electron chi connectivity index (χ4n) is 3.27. The Morgan fingerprint density at radius 2 is 1.96 bits per heavy atom. The number of Topliss-reactive ketones (excluding diaryl/α,β-unsaturated/α-hetero) is 1. The molecule has 2 N–H and O–H groups in total. The molecule has 0 aliphatic carbocycles. The summed E-state index contributed by atoms with van der Waals surface area (Å²) in [6.07, 6.45) is 0.468. The van der Waals surface area contributed by atoms with Crippen molar-refractivity contribution in [1.29, 1.82) is 0 Å². The molecule has 3 rings (SSSR count). The number of rotatable bonds is 5. The lowest BCUT2D eigenvalue weighted by molar-refractivity contribution is 0.0500. The number of β-amino-alcohol motifs (C(OH)–C–C–N with tert-alkyl or cyclic N) is 1. The second-order valence-corrected chi connectivity index (χ2v) is 6.70. The van der Waals surface area contributed by atoms with Crippen LogP contribution in [0.4, 0.5) is 10.5 Å². The van der Waals surface area contributed by atoms with Gasteiger partial charge in [-0.25, -0.2) is 4.79 Å². The summed E-state index contributed by atoms with van der Waals surface area (Å²) in [7, 11) is 0. The molecule has 6 nitrogen and oxygen atoms in total. The number of benzene rings is 2. The van der Waals surface area contributed by atoms with E-state index >= 15 is 0 Å². The van der Waals surface area contributed by atoms with Crippen molar-refractivity contribution in [2.45, 2.75) is 25.9 Å². The van der Waals surface area contributed by atoms with Crippen LogP contribution in [0.1, 0.15) is 36.2 Å². The van der Waals surface area contributed by atoms with E-state index in [1.165, 1.54) is 6.92 Å². The molecule has 2 amide bonds. The number of ether oxygens (including phenoxy) is 1. The molecule has 1 saturated heterocycles. The van der Waals surface area contributed by atoms with Crippen LogP contribution in [0.25, 0.3) is 0 Å². The summed E-state index contributed by atoms with van der Waals surface area (Å²) < 4.78 is 5.55. The summed E-state index contributed by atoms with van der Waals surface area (Å²) in [5, 5.41) is 13.7. The number of urea groups is 1. The Hall–Kier alpha value is -2.86. The Balaban J connectivity index is 1.76. The first-order valence-corrected chi connectivity index (χ1v) is 9.04. The molecule has 1 heterocycles. The summed E-state index contributed by atoms with van der Waals surface area (Å²) in [5.41, 5.74) is 0.692. The molecular weight excluding hydrogens is 344 g/mol. The Morgan fingerprint density at radius 1 is 1.22 bits per heavy atom. The van der Waals surface area contributed by atoms with Crippen LogP contribution in [-0.4, -0.2) is 41.5 Å². The number of anilines is 1. The highest BCUT2D eigenvalue weighted by Gasteiger charge is 2.39. The third-order valence-corrected chi connectivity index (χ3v) is 4.77. The molecule has 2 aromatic carbocycles. The van der Waals surface area contributed by atoms with Crippen LogP contribution in [0.2, 0.25) is 0 Å². The van der Waals surface area contributed by atoms with Gasteiger partial charge in [-0.1, -0.05) is 30.3 Å². The molecule has 0 saturated carbocycles. The molecule has 1 aliphatic heterocycles. The Labute approximate surface area is 158 Å². The number of hydrogen-bond acceptors (Lipinski definition) is 4. The maximum atomic E-state index is 12.7. The SMILES string of the molecule is CCOc1ccc(C(C)=O)cc1NC(=O)N1CC[C@](O)(c2ccccc2)C1. The molecule has 0 aromatic heterocycles. The third-order valence-electron chi connectivity index (χ3n) is 4.77. The second-order valence-electron chi connectivity index (χ2n) is 6.70. The topological polar surface area (TPSA) is 78.9 Å². The molecule has 0 radical (unpaired) electrons. The van der Waals surface area contributed by atoms with E-state index in [9.17, 15) is 14.7 Å². The molecule has 0 spiro atoms. The van der Waals surface area contributed by atoms with E-state index in [2.05, 4.69) is 5.32 Å². The van der Waals surface area contributed by atoms with Gasteiger partial charge in [0.05, 0.1) is 18.8 Å². The summed E-state index contributed by atoms with van der Waals surface area (Å²) in [6.45, 7) is 4.42. The average Bonchev–Trinajstić information content (AvgIpc) is 3.07. The lowest BCUT2D eigenvalue weighted by atomic mass is 9.93. The lowest BCUT2D eigenvalue weighted by Crippen LogP contribution is -2.37. The first-order chi connectivity index (χ1) is 12.9. The van der Waals surface area contributed by atoms with Crippen LogP contribution in [0, 0.1) is 0 Å². The van der Waals surface area contributed by atoms with Crippen molar-refractivity contribution in [3.05, 3.63) is 59.7 Å². The van der Waals surface area contributed by atoms with E-state index in [0.29, 0.717) is 36.6 Å². The van der Waals surface area contributed by atoms with E-state index in [1.807, 2.05) is 37.3 Å². The first kappa shape index (κ1) is 18.9. The monoisotopic (exact) mass is 368 g/mol. The molecule has 2 aromatic rings. The van der Waals surface area contributed by atoms with Crippen molar-refractivity contribution >= 4 is 17.5 Å². The number of carbonyl (C=O) groups excluding carboxylic acids is 2. The summed E-state index contributed by atoms with van der Waals surface area (Å²) >= 11 is 0. The summed E-state index contributed by atoms with van der Waals surface area (Å²) in [4.78, 5) is 26.0. The minimum absolute atomic E-state index is 0.0897. The first-order valence-electron chi connectivity index (χ1n) is 9.04. The van der Waals surface area contributed by atoms with Crippen LogP contribution in [0.15, 0.2) is 48.5 Å². The van der Waals surface area contributed by atoms with Gasteiger partial charge in [-0.05, 0) is 44.0 Å². The predicted molar refractivity (Wildman–Crippen MR) is 103 cm³/mol. The minimum Gasteiger partial charge on any atom is -0.492 e. The number of ketones is 1.